The van der Waals surface area contributed by atoms with Crippen molar-refractivity contribution in [2.24, 2.45) is 11.7 Å². The minimum atomic E-state index is 0.174. The molecule has 3 nitrogen and oxygen atoms in total. The van der Waals surface area contributed by atoms with Crippen molar-refractivity contribution in [3.8, 4) is 0 Å². The Hall–Kier alpha value is -0.870. The van der Waals surface area contributed by atoms with Gasteiger partial charge in [0.05, 0.1) is 0 Å². The molecule has 0 saturated carbocycles. The maximum atomic E-state index is 11.7. The SMILES string of the molecule is NC[C@@H]1CC(=O)N(c2ccc(Br)cc2)C1. The molecule has 1 aromatic rings. The van der Waals surface area contributed by atoms with E-state index in [2.05, 4.69) is 15.9 Å². The maximum absolute atomic E-state index is 11.7. The highest BCUT2D eigenvalue weighted by molar-refractivity contribution is 9.10. The van der Waals surface area contributed by atoms with E-state index in [0.717, 1.165) is 16.7 Å². The molecule has 1 amide bonds. The van der Waals surface area contributed by atoms with Crippen LogP contribution < -0.4 is 10.6 Å². The Kier molecular flexibility index (Phi) is 3.07. The van der Waals surface area contributed by atoms with E-state index in [0.29, 0.717) is 18.9 Å². The highest BCUT2D eigenvalue weighted by Gasteiger charge is 2.29. The van der Waals surface area contributed by atoms with Gasteiger partial charge >= 0.3 is 0 Å². The standard InChI is InChI=1S/C11H13BrN2O/c12-9-1-3-10(4-2-9)14-7-8(6-13)5-11(14)15/h1-4,8H,5-7,13H2/t8-/m0/s1. The first-order valence-corrected chi connectivity index (χ1v) is 5.76. The van der Waals surface area contributed by atoms with Gasteiger partial charge in [-0.2, -0.15) is 0 Å². The second-order valence-corrected chi connectivity index (χ2v) is 4.70. The maximum Gasteiger partial charge on any atom is 0.227 e. The lowest BCUT2D eigenvalue weighted by atomic mass is 10.1. The van der Waals surface area contributed by atoms with Crippen molar-refractivity contribution in [2.75, 3.05) is 18.0 Å². The minimum absolute atomic E-state index is 0.174. The van der Waals surface area contributed by atoms with Gasteiger partial charge in [0.2, 0.25) is 5.91 Å². The van der Waals surface area contributed by atoms with Crippen LogP contribution in [-0.4, -0.2) is 19.0 Å². The quantitative estimate of drug-likeness (QED) is 0.889. The van der Waals surface area contributed by atoms with Crippen molar-refractivity contribution in [1.82, 2.24) is 0 Å². The lowest BCUT2D eigenvalue weighted by Crippen LogP contribution is -2.25. The Balaban J connectivity index is 2.18. The average molecular weight is 269 g/mol. The number of carbonyl (C=O) groups is 1. The summed E-state index contributed by atoms with van der Waals surface area (Å²) in [6.45, 7) is 1.33. The number of nitrogens with two attached hydrogens (primary N) is 1. The normalized spacial score (nSPS) is 21.1. The molecule has 0 bridgehead atoms. The Bertz CT molecular complexity index is 363. The van der Waals surface area contributed by atoms with Gasteiger partial charge in [-0.15, -0.1) is 0 Å². The average Bonchev–Trinajstić information content (AvgIpc) is 2.61. The van der Waals surface area contributed by atoms with Gasteiger partial charge in [-0.3, -0.25) is 4.79 Å². The first-order chi connectivity index (χ1) is 7.20. The van der Waals surface area contributed by atoms with Crippen LogP contribution >= 0.6 is 15.9 Å². The van der Waals surface area contributed by atoms with Gasteiger partial charge in [-0.1, -0.05) is 15.9 Å². The smallest absolute Gasteiger partial charge is 0.227 e. The van der Waals surface area contributed by atoms with E-state index in [-0.39, 0.29) is 5.91 Å². The lowest BCUT2D eigenvalue weighted by molar-refractivity contribution is -0.117. The van der Waals surface area contributed by atoms with Crippen molar-refractivity contribution < 1.29 is 4.79 Å². The summed E-state index contributed by atoms with van der Waals surface area (Å²) >= 11 is 3.37. The van der Waals surface area contributed by atoms with E-state index in [1.807, 2.05) is 29.2 Å². The summed E-state index contributed by atoms with van der Waals surface area (Å²) in [4.78, 5) is 13.5. The highest BCUT2D eigenvalue weighted by atomic mass is 79.9. The minimum Gasteiger partial charge on any atom is -0.330 e. The van der Waals surface area contributed by atoms with Crippen LogP contribution in [0.15, 0.2) is 28.7 Å². The molecule has 1 saturated heterocycles. The van der Waals surface area contributed by atoms with Gasteiger partial charge in [0, 0.05) is 23.1 Å². The number of anilines is 1. The van der Waals surface area contributed by atoms with E-state index in [9.17, 15) is 4.79 Å². The fourth-order valence-corrected chi connectivity index (χ4v) is 2.07. The molecule has 0 unspecified atom stereocenters. The van der Waals surface area contributed by atoms with Crippen LogP contribution in [0.5, 0.6) is 0 Å². The van der Waals surface area contributed by atoms with E-state index >= 15 is 0 Å². The molecule has 1 heterocycles. The second kappa shape index (κ2) is 4.33. The van der Waals surface area contributed by atoms with Crippen LogP contribution in [0.2, 0.25) is 0 Å². The summed E-state index contributed by atoms with van der Waals surface area (Å²) in [6, 6.07) is 7.78. The summed E-state index contributed by atoms with van der Waals surface area (Å²) in [7, 11) is 0. The number of rotatable bonds is 2. The number of hydrogen-bond acceptors (Lipinski definition) is 2. The highest BCUT2D eigenvalue weighted by Crippen LogP contribution is 2.25. The summed E-state index contributed by atoms with van der Waals surface area (Å²) in [6.07, 6.45) is 0.576. The Morgan fingerprint density at radius 3 is 2.60 bits per heavy atom. The molecule has 2 rings (SSSR count). The summed E-state index contributed by atoms with van der Waals surface area (Å²) < 4.78 is 1.02. The number of amides is 1. The molecular formula is C11H13BrN2O. The zero-order valence-corrected chi connectivity index (χ0v) is 9.90. The van der Waals surface area contributed by atoms with Crippen LogP contribution in [0.3, 0.4) is 0 Å². The predicted molar refractivity (Wildman–Crippen MR) is 63.7 cm³/mol. The Morgan fingerprint density at radius 1 is 1.40 bits per heavy atom. The van der Waals surface area contributed by atoms with Crippen LogP contribution in [0.25, 0.3) is 0 Å². The van der Waals surface area contributed by atoms with Crippen molar-refractivity contribution >= 4 is 27.5 Å². The molecule has 1 atom stereocenters. The molecule has 80 valence electrons. The molecule has 1 aromatic carbocycles. The van der Waals surface area contributed by atoms with E-state index in [4.69, 9.17) is 5.73 Å². The van der Waals surface area contributed by atoms with Crippen LogP contribution in [0, 0.1) is 5.92 Å². The van der Waals surface area contributed by atoms with E-state index in [1.165, 1.54) is 0 Å². The van der Waals surface area contributed by atoms with Crippen molar-refractivity contribution in [2.45, 2.75) is 6.42 Å². The third-order valence-electron chi connectivity index (χ3n) is 2.68. The van der Waals surface area contributed by atoms with Gasteiger partial charge in [-0.25, -0.2) is 0 Å². The number of nitrogens with zero attached hydrogens (tertiary/aromatic N) is 1. The molecule has 0 radical (unpaired) electrons. The lowest BCUT2D eigenvalue weighted by Gasteiger charge is -2.16. The third kappa shape index (κ3) is 2.21. The van der Waals surface area contributed by atoms with Gasteiger partial charge in [0.25, 0.3) is 0 Å². The molecule has 1 aliphatic heterocycles. The second-order valence-electron chi connectivity index (χ2n) is 3.79. The van der Waals surface area contributed by atoms with Crippen LogP contribution in [0.4, 0.5) is 5.69 Å². The summed E-state index contributed by atoms with van der Waals surface area (Å²) in [5.41, 5.74) is 6.53. The Morgan fingerprint density at radius 2 is 2.07 bits per heavy atom. The number of benzene rings is 1. The molecular weight excluding hydrogens is 256 g/mol. The molecule has 1 aliphatic rings. The van der Waals surface area contributed by atoms with Crippen molar-refractivity contribution in [3.05, 3.63) is 28.7 Å². The summed E-state index contributed by atoms with van der Waals surface area (Å²) in [5, 5.41) is 0. The van der Waals surface area contributed by atoms with Gasteiger partial charge in [-0.05, 0) is 36.7 Å². The number of hydrogen-bond donors (Lipinski definition) is 1. The zero-order valence-electron chi connectivity index (χ0n) is 8.32. The van der Waals surface area contributed by atoms with Gasteiger partial charge in [0.1, 0.15) is 0 Å². The molecule has 15 heavy (non-hydrogen) atoms. The van der Waals surface area contributed by atoms with Crippen LogP contribution in [0.1, 0.15) is 6.42 Å². The number of carbonyl (C=O) groups excluding carboxylic acids is 1. The molecule has 0 aromatic heterocycles. The van der Waals surface area contributed by atoms with Gasteiger partial charge < -0.3 is 10.6 Å². The monoisotopic (exact) mass is 268 g/mol. The molecule has 4 heteroatoms. The van der Waals surface area contributed by atoms with Gasteiger partial charge in [0.15, 0.2) is 0 Å². The molecule has 2 N–H and O–H groups in total. The molecule has 0 spiro atoms. The summed E-state index contributed by atoms with van der Waals surface area (Å²) in [5.74, 6) is 0.480. The zero-order chi connectivity index (χ0) is 10.8. The Labute approximate surface area is 97.4 Å². The topological polar surface area (TPSA) is 46.3 Å². The molecule has 0 aliphatic carbocycles. The third-order valence-corrected chi connectivity index (χ3v) is 3.21. The van der Waals surface area contributed by atoms with E-state index in [1.54, 1.807) is 0 Å². The van der Waals surface area contributed by atoms with Crippen LogP contribution in [-0.2, 0) is 4.79 Å². The van der Waals surface area contributed by atoms with Crippen molar-refractivity contribution in [3.63, 3.8) is 0 Å². The fraction of sp³-hybridized carbons (Fsp3) is 0.364. The van der Waals surface area contributed by atoms with E-state index < -0.39 is 0 Å². The predicted octanol–water partition coefficient (Wildman–Crippen LogP) is 1.76. The fourth-order valence-electron chi connectivity index (χ4n) is 1.81. The first kappa shape index (κ1) is 10.6. The number of halogens is 1. The largest absolute Gasteiger partial charge is 0.330 e. The van der Waals surface area contributed by atoms with Crippen molar-refractivity contribution in [1.29, 1.82) is 0 Å². The molecule has 1 fully saturated rings. The first-order valence-electron chi connectivity index (χ1n) is 4.96.